The molecule has 0 aromatic heterocycles. The van der Waals surface area contributed by atoms with Gasteiger partial charge in [-0.1, -0.05) is 0 Å². The van der Waals surface area contributed by atoms with Crippen LogP contribution in [0.3, 0.4) is 0 Å². The number of hydrogen-bond donors (Lipinski definition) is 1. The third-order valence-electron chi connectivity index (χ3n) is 3.15. The van der Waals surface area contributed by atoms with Crippen LogP contribution >= 0.6 is 0 Å². The Morgan fingerprint density at radius 3 is 2.69 bits per heavy atom. The minimum absolute atomic E-state index is 0.0758. The topological polar surface area (TPSA) is 49.4 Å². The molecule has 1 N–H and O–H groups in total. The van der Waals surface area contributed by atoms with Crippen LogP contribution < -0.4 is 5.32 Å². The third kappa shape index (κ3) is 1.49. The largest absolute Gasteiger partial charge is 0.315 e. The van der Waals surface area contributed by atoms with Crippen molar-refractivity contribution in [2.75, 3.05) is 25.9 Å². The van der Waals surface area contributed by atoms with Gasteiger partial charge in [0.05, 0.1) is 6.26 Å². The van der Waals surface area contributed by atoms with Gasteiger partial charge in [0.1, 0.15) is 0 Å². The van der Waals surface area contributed by atoms with E-state index in [2.05, 4.69) is 5.32 Å². The lowest BCUT2D eigenvalue weighted by atomic mass is 9.97. The Bertz CT molecular complexity index is 288. The fourth-order valence-corrected chi connectivity index (χ4v) is 4.00. The van der Waals surface area contributed by atoms with Crippen molar-refractivity contribution in [3.8, 4) is 0 Å². The summed E-state index contributed by atoms with van der Waals surface area (Å²) in [6, 6.07) is 0. The summed E-state index contributed by atoms with van der Waals surface area (Å²) in [5.41, 5.74) is -0.0758. The van der Waals surface area contributed by atoms with Gasteiger partial charge in [-0.3, -0.25) is 0 Å². The van der Waals surface area contributed by atoms with Crippen LogP contribution in [-0.4, -0.2) is 44.2 Å². The van der Waals surface area contributed by atoms with Crippen molar-refractivity contribution in [3.63, 3.8) is 0 Å². The van der Waals surface area contributed by atoms with Crippen LogP contribution in [0.4, 0.5) is 0 Å². The molecule has 5 heteroatoms. The van der Waals surface area contributed by atoms with Crippen LogP contribution in [0.2, 0.25) is 0 Å². The van der Waals surface area contributed by atoms with Crippen LogP contribution in [0, 0.1) is 0 Å². The molecule has 13 heavy (non-hydrogen) atoms. The Morgan fingerprint density at radius 1 is 1.38 bits per heavy atom. The van der Waals surface area contributed by atoms with Crippen LogP contribution in [0.25, 0.3) is 0 Å². The van der Waals surface area contributed by atoms with Gasteiger partial charge in [-0.05, 0) is 25.8 Å². The summed E-state index contributed by atoms with van der Waals surface area (Å²) >= 11 is 0. The van der Waals surface area contributed by atoms with Gasteiger partial charge in [0.2, 0.25) is 10.0 Å². The lowest BCUT2D eigenvalue weighted by Crippen LogP contribution is -2.48. The number of hydrogen-bond acceptors (Lipinski definition) is 3. The van der Waals surface area contributed by atoms with Gasteiger partial charge < -0.3 is 5.32 Å². The molecule has 0 bridgehead atoms. The summed E-state index contributed by atoms with van der Waals surface area (Å²) in [6.45, 7) is 2.49. The van der Waals surface area contributed by atoms with Crippen molar-refractivity contribution in [2.24, 2.45) is 0 Å². The first kappa shape index (κ1) is 9.43. The highest BCUT2D eigenvalue weighted by Crippen LogP contribution is 2.35. The smallest absolute Gasteiger partial charge is 0.211 e. The Kier molecular flexibility index (Phi) is 2.13. The number of nitrogens with one attached hydrogen (secondary N) is 1. The molecule has 2 aliphatic rings. The lowest BCUT2D eigenvalue weighted by Gasteiger charge is -2.32. The first-order valence-corrected chi connectivity index (χ1v) is 6.58. The maximum Gasteiger partial charge on any atom is 0.211 e. The molecular formula is C8H16N2O2S. The van der Waals surface area contributed by atoms with Crippen molar-refractivity contribution < 1.29 is 8.42 Å². The first-order valence-electron chi connectivity index (χ1n) is 4.73. The van der Waals surface area contributed by atoms with E-state index in [-0.39, 0.29) is 5.54 Å². The molecule has 0 aliphatic carbocycles. The van der Waals surface area contributed by atoms with Crippen LogP contribution in [-0.2, 0) is 10.0 Å². The molecule has 0 aromatic rings. The fourth-order valence-electron chi connectivity index (χ4n) is 2.59. The molecular weight excluding hydrogens is 188 g/mol. The Balaban J connectivity index is 2.28. The van der Waals surface area contributed by atoms with E-state index in [0.717, 1.165) is 32.4 Å². The monoisotopic (exact) mass is 204 g/mol. The van der Waals surface area contributed by atoms with Crippen LogP contribution in [0.15, 0.2) is 0 Å². The summed E-state index contributed by atoms with van der Waals surface area (Å²) in [4.78, 5) is 0. The zero-order valence-corrected chi connectivity index (χ0v) is 8.73. The van der Waals surface area contributed by atoms with Gasteiger partial charge in [-0.25, -0.2) is 8.42 Å². The zero-order chi connectivity index (χ0) is 9.53. The average molecular weight is 204 g/mol. The summed E-state index contributed by atoms with van der Waals surface area (Å²) in [6.07, 6.45) is 4.32. The van der Waals surface area contributed by atoms with Gasteiger partial charge in [0.15, 0.2) is 0 Å². The fraction of sp³-hybridized carbons (Fsp3) is 1.00. The molecule has 0 radical (unpaired) electrons. The molecule has 1 unspecified atom stereocenters. The van der Waals surface area contributed by atoms with Gasteiger partial charge in [0, 0.05) is 18.6 Å². The molecule has 2 fully saturated rings. The van der Waals surface area contributed by atoms with Crippen LogP contribution in [0.5, 0.6) is 0 Å². The Morgan fingerprint density at radius 2 is 2.15 bits per heavy atom. The van der Waals surface area contributed by atoms with Gasteiger partial charge >= 0.3 is 0 Å². The molecule has 4 nitrogen and oxygen atoms in total. The predicted molar refractivity (Wildman–Crippen MR) is 51.0 cm³/mol. The molecule has 0 saturated carbocycles. The molecule has 1 spiro atoms. The van der Waals surface area contributed by atoms with E-state index in [1.54, 1.807) is 4.31 Å². The standard InChI is InChI=1S/C8H16N2O2S/c1-13(11,12)10-6-2-3-8(10)4-5-9-7-8/h9H,2-7H2,1H3. The minimum Gasteiger partial charge on any atom is -0.315 e. The molecule has 2 rings (SSSR count). The van der Waals surface area contributed by atoms with E-state index in [0.29, 0.717) is 6.54 Å². The van der Waals surface area contributed by atoms with Crippen molar-refractivity contribution in [3.05, 3.63) is 0 Å². The number of nitrogens with zero attached hydrogens (tertiary/aromatic N) is 1. The Hall–Kier alpha value is -0.130. The summed E-state index contributed by atoms with van der Waals surface area (Å²) < 4.78 is 24.7. The second kappa shape index (κ2) is 2.93. The molecule has 76 valence electrons. The van der Waals surface area contributed by atoms with E-state index in [4.69, 9.17) is 0 Å². The zero-order valence-electron chi connectivity index (χ0n) is 7.91. The quantitative estimate of drug-likeness (QED) is 0.642. The second-order valence-corrected chi connectivity index (χ2v) is 6.00. The SMILES string of the molecule is CS(=O)(=O)N1CCCC12CCNC2. The lowest BCUT2D eigenvalue weighted by molar-refractivity contribution is 0.266. The normalized spacial score (nSPS) is 36.1. The Labute approximate surface area is 79.4 Å². The minimum atomic E-state index is -3.00. The van der Waals surface area contributed by atoms with E-state index in [9.17, 15) is 8.42 Å². The molecule has 2 heterocycles. The average Bonchev–Trinajstić information content (AvgIpc) is 2.60. The maximum atomic E-state index is 11.5. The van der Waals surface area contributed by atoms with E-state index < -0.39 is 10.0 Å². The molecule has 1 atom stereocenters. The molecule has 2 aliphatic heterocycles. The van der Waals surface area contributed by atoms with Gasteiger partial charge in [0.25, 0.3) is 0 Å². The highest BCUT2D eigenvalue weighted by Gasteiger charge is 2.47. The van der Waals surface area contributed by atoms with Crippen molar-refractivity contribution in [2.45, 2.75) is 24.8 Å². The number of sulfonamides is 1. The highest BCUT2D eigenvalue weighted by molar-refractivity contribution is 7.88. The van der Waals surface area contributed by atoms with Gasteiger partial charge in [-0.2, -0.15) is 4.31 Å². The summed E-state index contributed by atoms with van der Waals surface area (Å²) in [5, 5.41) is 3.25. The van der Waals surface area contributed by atoms with E-state index in [1.807, 2.05) is 0 Å². The highest BCUT2D eigenvalue weighted by atomic mass is 32.2. The summed E-state index contributed by atoms with van der Waals surface area (Å²) in [5.74, 6) is 0. The van der Waals surface area contributed by atoms with Gasteiger partial charge in [-0.15, -0.1) is 0 Å². The van der Waals surface area contributed by atoms with Crippen LogP contribution in [0.1, 0.15) is 19.3 Å². The van der Waals surface area contributed by atoms with Crippen molar-refractivity contribution in [1.29, 1.82) is 0 Å². The van der Waals surface area contributed by atoms with Crippen molar-refractivity contribution >= 4 is 10.0 Å². The third-order valence-corrected chi connectivity index (χ3v) is 4.52. The summed E-state index contributed by atoms with van der Waals surface area (Å²) in [7, 11) is -3.00. The maximum absolute atomic E-state index is 11.5. The van der Waals surface area contributed by atoms with E-state index >= 15 is 0 Å². The van der Waals surface area contributed by atoms with Crippen molar-refractivity contribution in [1.82, 2.24) is 9.62 Å². The molecule has 0 amide bonds. The molecule has 2 saturated heterocycles. The first-order chi connectivity index (χ1) is 6.05. The molecule has 0 aromatic carbocycles. The number of rotatable bonds is 1. The predicted octanol–water partition coefficient (Wildman–Crippen LogP) is -0.226. The van der Waals surface area contributed by atoms with E-state index in [1.165, 1.54) is 6.26 Å². The second-order valence-electron chi connectivity index (χ2n) is 4.09.